The highest BCUT2D eigenvalue weighted by Crippen LogP contribution is 2.41. The van der Waals surface area contributed by atoms with Crippen LogP contribution in [0.5, 0.6) is 0 Å². The van der Waals surface area contributed by atoms with Crippen LogP contribution >= 0.6 is 11.8 Å². The molecule has 6 nitrogen and oxygen atoms in total. The Morgan fingerprint density at radius 3 is 1.95 bits per heavy atom. The lowest BCUT2D eigenvalue weighted by Gasteiger charge is -2.27. The summed E-state index contributed by atoms with van der Waals surface area (Å²) in [4.78, 5) is 20.4. The van der Waals surface area contributed by atoms with E-state index in [-0.39, 0.29) is 22.9 Å². The van der Waals surface area contributed by atoms with Gasteiger partial charge >= 0.3 is 0 Å². The molecule has 0 saturated heterocycles. The quantitative estimate of drug-likeness (QED) is 0.268. The van der Waals surface area contributed by atoms with E-state index in [1.54, 1.807) is 4.90 Å². The Balaban J connectivity index is 1.57. The summed E-state index contributed by atoms with van der Waals surface area (Å²) in [6, 6.07) is 28.1. The van der Waals surface area contributed by atoms with Gasteiger partial charge in [-0.2, -0.15) is 10.5 Å². The van der Waals surface area contributed by atoms with E-state index >= 15 is 0 Å². The number of hydrogen-bond donors (Lipinski definition) is 1. The molecule has 5 rings (SSSR count). The molecule has 2 N–H and O–H groups in total. The number of carbonyl (C=O) groups is 1. The van der Waals surface area contributed by atoms with Crippen LogP contribution in [0.2, 0.25) is 0 Å². The van der Waals surface area contributed by atoms with Gasteiger partial charge in [0.15, 0.2) is 0 Å². The summed E-state index contributed by atoms with van der Waals surface area (Å²) >= 11 is 1.19. The predicted octanol–water partition coefficient (Wildman–Crippen LogP) is 7.14. The van der Waals surface area contributed by atoms with Gasteiger partial charge in [0.05, 0.1) is 22.2 Å². The molecule has 198 valence electrons. The van der Waals surface area contributed by atoms with Crippen molar-refractivity contribution >= 4 is 34.9 Å². The summed E-state index contributed by atoms with van der Waals surface area (Å²) in [6.45, 7) is 6.03. The largest absolute Gasteiger partial charge is 0.383 e. The van der Waals surface area contributed by atoms with Gasteiger partial charge in [-0.3, -0.25) is 9.69 Å². The first-order valence-corrected chi connectivity index (χ1v) is 14.1. The van der Waals surface area contributed by atoms with Gasteiger partial charge in [0.2, 0.25) is 5.91 Å². The fourth-order valence-corrected chi connectivity index (χ4v) is 6.08. The summed E-state index contributed by atoms with van der Waals surface area (Å²) < 4.78 is 0. The van der Waals surface area contributed by atoms with E-state index in [1.807, 2.05) is 67.6 Å². The Morgan fingerprint density at radius 2 is 1.43 bits per heavy atom. The molecule has 0 spiro atoms. The predicted molar refractivity (Wildman–Crippen MR) is 160 cm³/mol. The molecule has 3 aromatic carbocycles. The average molecular weight is 544 g/mol. The van der Waals surface area contributed by atoms with E-state index in [9.17, 15) is 15.3 Å². The second kappa shape index (κ2) is 11.3. The van der Waals surface area contributed by atoms with Crippen LogP contribution in [0.15, 0.2) is 77.8 Å². The molecule has 0 saturated carbocycles. The van der Waals surface area contributed by atoms with Crippen molar-refractivity contribution in [3.8, 4) is 23.3 Å². The standard InChI is InChI=1S/C33H29N5OS/c1-20(2)22-12-16-25(17-13-22)30-26(18-34)31(36)37-32(27(30)19-35)40-21(3)33(39)38-28-10-6-4-8-23(28)14-15-24-9-5-7-11-29(24)38/h4-13,16-17,20-21H,14-15H2,1-3H3,(H2,36,37). The molecule has 0 radical (unpaired) electrons. The number of aromatic nitrogens is 1. The van der Waals surface area contributed by atoms with Crippen LogP contribution in [0.4, 0.5) is 17.2 Å². The number of anilines is 3. The number of pyridine rings is 1. The Bertz CT molecular complexity index is 1630. The molecule has 1 aliphatic rings. The van der Waals surface area contributed by atoms with E-state index in [0.29, 0.717) is 22.1 Å². The number of nitriles is 2. The van der Waals surface area contributed by atoms with E-state index in [4.69, 9.17) is 5.73 Å². The van der Waals surface area contributed by atoms with Gasteiger partial charge in [0.1, 0.15) is 28.5 Å². The summed E-state index contributed by atoms with van der Waals surface area (Å²) in [5, 5.41) is 19.9. The number of nitrogens with zero attached hydrogens (tertiary/aromatic N) is 4. The minimum atomic E-state index is -0.595. The number of nitrogens with two attached hydrogens (primary N) is 1. The monoisotopic (exact) mass is 543 g/mol. The van der Waals surface area contributed by atoms with E-state index in [1.165, 1.54) is 11.8 Å². The lowest BCUT2D eigenvalue weighted by atomic mass is 9.94. The molecule has 4 aromatic rings. The lowest BCUT2D eigenvalue weighted by Crippen LogP contribution is -2.33. The number of hydrogen-bond acceptors (Lipinski definition) is 6. The highest BCUT2D eigenvalue weighted by molar-refractivity contribution is 8.00. The summed E-state index contributed by atoms with van der Waals surface area (Å²) in [5.41, 5.74) is 12.9. The van der Waals surface area contributed by atoms with E-state index in [0.717, 1.165) is 40.9 Å². The second-order valence-corrected chi connectivity index (χ2v) is 11.4. The van der Waals surface area contributed by atoms with Gasteiger partial charge in [-0.05, 0) is 60.1 Å². The fraction of sp³-hybridized carbons (Fsp3) is 0.212. The first-order chi connectivity index (χ1) is 19.3. The van der Waals surface area contributed by atoms with E-state index < -0.39 is 5.25 Å². The number of fused-ring (bicyclic) bond motifs is 2. The van der Waals surface area contributed by atoms with Gasteiger partial charge < -0.3 is 5.73 Å². The summed E-state index contributed by atoms with van der Waals surface area (Å²) in [5.74, 6) is 0.259. The molecular weight excluding hydrogens is 514 g/mol. The Hall–Kier alpha value is -4.59. The number of carbonyl (C=O) groups excluding carboxylic acids is 1. The minimum Gasteiger partial charge on any atom is -0.383 e. The van der Waals surface area contributed by atoms with Crippen LogP contribution in [0, 0.1) is 22.7 Å². The van der Waals surface area contributed by atoms with Crippen molar-refractivity contribution in [2.45, 2.75) is 49.8 Å². The molecule has 1 unspecified atom stereocenters. The summed E-state index contributed by atoms with van der Waals surface area (Å²) in [6.07, 6.45) is 1.67. The molecule has 0 bridgehead atoms. The van der Waals surface area contributed by atoms with Crippen molar-refractivity contribution in [1.82, 2.24) is 4.98 Å². The Kier molecular flexibility index (Phi) is 7.60. The third kappa shape index (κ3) is 4.93. The van der Waals surface area contributed by atoms with Gasteiger partial charge in [0, 0.05) is 5.56 Å². The Morgan fingerprint density at radius 1 is 0.875 bits per heavy atom. The highest BCUT2D eigenvalue weighted by Gasteiger charge is 2.31. The maximum Gasteiger partial charge on any atom is 0.244 e. The number of benzene rings is 3. The second-order valence-electron chi connectivity index (χ2n) is 10.1. The number of thioether (sulfide) groups is 1. The molecule has 2 heterocycles. The fourth-order valence-electron chi connectivity index (χ4n) is 5.12. The van der Waals surface area contributed by atoms with Gasteiger partial charge in [-0.1, -0.05) is 86.3 Å². The molecule has 7 heteroatoms. The molecule has 0 fully saturated rings. The van der Waals surface area contributed by atoms with Crippen molar-refractivity contribution in [1.29, 1.82) is 10.5 Å². The molecule has 40 heavy (non-hydrogen) atoms. The van der Waals surface area contributed by atoms with Gasteiger partial charge in [-0.15, -0.1) is 0 Å². The number of aryl methyl sites for hydroxylation is 2. The zero-order valence-electron chi connectivity index (χ0n) is 22.7. The first-order valence-electron chi connectivity index (χ1n) is 13.2. The average Bonchev–Trinajstić information content (AvgIpc) is 3.13. The van der Waals surface area contributed by atoms with Crippen molar-refractivity contribution in [3.63, 3.8) is 0 Å². The van der Waals surface area contributed by atoms with E-state index in [2.05, 4.69) is 43.1 Å². The van der Waals surface area contributed by atoms with Crippen LogP contribution in [0.3, 0.4) is 0 Å². The normalized spacial score (nSPS) is 13.0. The van der Waals surface area contributed by atoms with Crippen molar-refractivity contribution in [3.05, 3.63) is 101 Å². The van der Waals surface area contributed by atoms with Crippen LogP contribution in [0.1, 0.15) is 54.5 Å². The molecule has 1 amide bonds. The lowest BCUT2D eigenvalue weighted by molar-refractivity contribution is -0.117. The maximum absolute atomic E-state index is 14.2. The van der Waals surface area contributed by atoms with Crippen LogP contribution in [-0.4, -0.2) is 16.1 Å². The SMILES string of the molecule is CC(Sc1nc(N)c(C#N)c(-c2ccc(C(C)C)cc2)c1C#N)C(=O)N1c2ccccc2CCc2ccccc21. The third-order valence-corrected chi connectivity index (χ3v) is 8.34. The third-order valence-electron chi connectivity index (χ3n) is 7.27. The zero-order valence-corrected chi connectivity index (χ0v) is 23.5. The number of para-hydroxylation sites is 2. The van der Waals surface area contributed by atoms with Crippen molar-refractivity contribution < 1.29 is 4.79 Å². The molecular formula is C33H29N5OS. The molecule has 1 aromatic heterocycles. The van der Waals surface area contributed by atoms with Gasteiger partial charge in [0.25, 0.3) is 0 Å². The highest BCUT2D eigenvalue weighted by atomic mass is 32.2. The first kappa shape index (κ1) is 27.0. The number of nitrogen functional groups attached to an aromatic ring is 1. The van der Waals surface area contributed by atoms with Gasteiger partial charge in [-0.25, -0.2) is 4.98 Å². The van der Waals surface area contributed by atoms with Crippen LogP contribution in [-0.2, 0) is 17.6 Å². The van der Waals surface area contributed by atoms with Crippen molar-refractivity contribution in [2.24, 2.45) is 0 Å². The summed E-state index contributed by atoms with van der Waals surface area (Å²) in [7, 11) is 0. The number of rotatable bonds is 5. The Labute approximate surface area is 239 Å². The topological polar surface area (TPSA) is 107 Å². The minimum absolute atomic E-state index is 0.0389. The molecule has 0 aliphatic carbocycles. The maximum atomic E-state index is 14.2. The molecule has 1 aliphatic heterocycles. The smallest absolute Gasteiger partial charge is 0.244 e. The van der Waals surface area contributed by atoms with Crippen LogP contribution < -0.4 is 10.6 Å². The van der Waals surface area contributed by atoms with Crippen LogP contribution in [0.25, 0.3) is 11.1 Å². The molecule has 1 atom stereocenters. The number of amides is 1. The zero-order chi connectivity index (χ0) is 28.4. The van der Waals surface area contributed by atoms with Crippen molar-refractivity contribution in [2.75, 3.05) is 10.6 Å².